The Hall–Kier alpha value is -3.72. The average molecular weight is 390 g/mol. The van der Waals surface area contributed by atoms with E-state index in [1.54, 1.807) is 41.1 Å². The highest BCUT2D eigenvalue weighted by Gasteiger charge is 2.12. The topological polar surface area (TPSA) is 98.2 Å². The van der Waals surface area contributed by atoms with Gasteiger partial charge in [0.1, 0.15) is 5.76 Å². The number of para-hydroxylation sites is 1. The third kappa shape index (κ3) is 4.15. The third-order valence-electron chi connectivity index (χ3n) is 3.63. The van der Waals surface area contributed by atoms with Crippen molar-refractivity contribution in [3.8, 4) is 5.69 Å². The molecule has 4 rings (SSSR count). The summed E-state index contributed by atoms with van der Waals surface area (Å²) in [5, 5.41) is 16.9. The van der Waals surface area contributed by atoms with E-state index < -0.39 is 0 Å². The number of benzene rings is 2. The molecule has 0 unspecified atom stereocenters. The van der Waals surface area contributed by atoms with Crippen LogP contribution >= 0.6 is 11.8 Å². The third-order valence-corrected chi connectivity index (χ3v) is 4.49. The number of amides is 1. The molecule has 1 amide bonds. The second-order valence-corrected chi connectivity index (χ2v) is 6.50. The van der Waals surface area contributed by atoms with Crippen LogP contribution in [0, 0.1) is 0 Å². The predicted octanol–water partition coefficient (Wildman–Crippen LogP) is 3.17. The Bertz CT molecular complexity index is 1090. The second kappa shape index (κ2) is 8.31. The highest BCUT2D eigenvalue weighted by atomic mass is 32.2. The van der Waals surface area contributed by atoms with Gasteiger partial charge in [-0.25, -0.2) is 5.43 Å². The van der Waals surface area contributed by atoms with Gasteiger partial charge in [0.05, 0.1) is 11.9 Å². The lowest BCUT2D eigenvalue weighted by Crippen LogP contribution is -2.17. The Morgan fingerprint density at radius 1 is 1.04 bits per heavy atom. The molecular formula is C19H14N6O2S. The minimum Gasteiger partial charge on any atom is -0.448 e. The maximum Gasteiger partial charge on any atom is 0.271 e. The number of aromatic nitrogens is 4. The van der Waals surface area contributed by atoms with E-state index in [-0.39, 0.29) is 5.91 Å². The molecular weight excluding hydrogens is 376 g/mol. The van der Waals surface area contributed by atoms with Crippen molar-refractivity contribution >= 4 is 23.9 Å². The fourth-order valence-corrected chi connectivity index (χ4v) is 3.09. The van der Waals surface area contributed by atoms with Crippen LogP contribution < -0.4 is 5.43 Å². The Morgan fingerprint density at radius 3 is 2.57 bits per heavy atom. The number of rotatable bonds is 6. The molecule has 2 heterocycles. The molecule has 0 radical (unpaired) electrons. The molecule has 9 heteroatoms. The number of hydrogen-bond acceptors (Lipinski definition) is 7. The minimum absolute atomic E-state index is 0.292. The van der Waals surface area contributed by atoms with Crippen molar-refractivity contribution < 1.29 is 9.21 Å². The normalized spacial score (nSPS) is 11.0. The van der Waals surface area contributed by atoms with E-state index in [4.69, 9.17) is 4.42 Å². The lowest BCUT2D eigenvalue weighted by molar-refractivity contribution is 0.0955. The summed E-state index contributed by atoms with van der Waals surface area (Å²) in [4.78, 5) is 11.9. The molecule has 0 saturated carbocycles. The molecule has 0 bridgehead atoms. The number of carbonyl (C=O) groups excluding carboxylic acids is 1. The van der Waals surface area contributed by atoms with Gasteiger partial charge in [-0.2, -0.15) is 9.78 Å². The van der Waals surface area contributed by atoms with Crippen molar-refractivity contribution in [3.05, 3.63) is 84.1 Å². The number of furan rings is 1. The maximum absolute atomic E-state index is 11.9. The van der Waals surface area contributed by atoms with Crippen molar-refractivity contribution in [1.82, 2.24) is 25.6 Å². The summed E-state index contributed by atoms with van der Waals surface area (Å²) in [5.74, 6) is 0.203. The molecule has 0 atom stereocenters. The second-order valence-electron chi connectivity index (χ2n) is 5.53. The van der Waals surface area contributed by atoms with E-state index in [1.807, 2.05) is 36.4 Å². The van der Waals surface area contributed by atoms with Gasteiger partial charge >= 0.3 is 0 Å². The smallest absolute Gasteiger partial charge is 0.271 e. The van der Waals surface area contributed by atoms with Crippen LogP contribution in [0.5, 0.6) is 0 Å². The summed E-state index contributed by atoms with van der Waals surface area (Å²) in [5.41, 5.74) is 3.84. The van der Waals surface area contributed by atoms with Crippen LogP contribution in [0.15, 0.2) is 92.6 Å². The number of nitrogens with one attached hydrogen (secondary N) is 1. The summed E-state index contributed by atoms with van der Waals surface area (Å²) in [6.45, 7) is 0. The molecule has 1 N–H and O–H groups in total. The number of nitrogens with zero attached hydrogens (tertiary/aromatic N) is 5. The summed E-state index contributed by atoms with van der Waals surface area (Å²) >= 11 is 1.28. The summed E-state index contributed by atoms with van der Waals surface area (Å²) in [7, 11) is 0. The van der Waals surface area contributed by atoms with Gasteiger partial charge in [0.15, 0.2) is 5.09 Å². The molecule has 2 aromatic heterocycles. The highest BCUT2D eigenvalue weighted by Crippen LogP contribution is 2.28. The summed E-state index contributed by atoms with van der Waals surface area (Å²) < 4.78 is 7.31. The fourth-order valence-electron chi connectivity index (χ4n) is 2.33. The predicted molar refractivity (Wildman–Crippen MR) is 103 cm³/mol. The monoisotopic (exact) mass is 390 g/mol. The largest absolute Gasteiger partial charge is 0.448 e. The van der Waals surface area contributed by atoms with Crippen LogP contribution in [0.2, 0.25) is 0 Å². The zero-order chi connectivity index (χ0) is 19.2. The van der Waals surface area contributed by atoms with Gasteiger partial charge in [-0.1, -0.05) is 36.4 Å². The molecule has 0 aliphatic carbocycles. The zero-order valence-corrected chi connectivity index (χ0v) is 15.3. The fraction of sp³-hybridized carbons (Fsp3) is 0. The van der Waals surface area contributed by atoms with Crippen LogP contribution in [0.25, 0.3) is 5.69 Å². The molecule has 0 spiro atoms. The Labute approximate surface area is 164 Å². The van der Waals surface area contributed by atoms with Gasteiger partial charge < -0.3 is 4.42 Å². The van der Waals surface area contributed by atoms with Crippen LogP contribution in [-0.2, 0) is 0 Å². The van der Waals surface area contributed by atoms with Crippen LogP contribution in [0.4, 0.5) is 0 Å². The van der Waals surface area contributed by atoms with Gasteiger partial charge in [0, 0.05) is 5.56 Å². The number of carbonyl (C=O) groups is 1. The molecule has 4 aromatic rings. The van der Waals surface area contributed by atoms with Gasteiger partial charge in [0.25, 0.3) is 5.91 Å². The first kappa shape index (κ1) is 17.7. The van der Waals surface area contributed by atoms with Crippen LogP contribution in [0.1, 0.15) is 16.1 Å². The molecule has 28 heavy (non-hydrogen) atoms. The molecule has 138 valence electrons. The molecule has 8 nitrogen and oxygen atoms in total. The van der Waals surface area contributed by atoms with Crippen molar-refractivity contribution in [2.45, 2.75) is 10.2 Å². The van der Waals surface area contributed by atoms with E-state index in [1.165, 1.54) is 18.0 Å². The first-order valence-corrected chi connectivity index (χ1v) is 9.11. The quantitative estimate of drug-likeness (QED) is 0.401. The summed E-state index contributed by atoms with van der Waals surface area (Å²) in [6.07, 6.45) is 1.44. The lowest BCUT2D eigenvalue weighted by atomic mass is 10.2. The van der Waals surface area contributed by atoms with Gasteiger partial charge in [-0.15, -0.1) is 5.10 Å². The van der Waals surface area contributed by atoms with Gasteiger partial charge in [0.2, 0.25) is 5.16 Å². The van der Waals surface area contributed by atoms with E-state index in [0.717, 1.165) is 5.69 Å². The van der Waals surface area contributed by atoms with E-state index in [9.17, 15) is 4.79 Å². The molecule has 2 aromatic carbocycles. The lowest BCUT2D eigenvalue weighted by Gasteiger charge is -2.01. The van der Waals surface area contributed by atoms with E-state index >= 15 is 0 Å². The van der Waals surface area contributed by atoms with E-state index in [0.29, 0.717) is 21.6 Å². The van der Waals surface area contributed by atoms with Crippen molar-refractivity contribution in [1.29, 1.82) is 0 Å². The standard InChI is InChI=1S/C19H14N6O2S/c26-18(14-7-3-1-4-8-14)21-20-13-16-11-12-17(27-16)28-19-22-23-24-25(19)15-9-5-2-6-10-15/h1-13H,(H,21,26)/b20-13+. The number of hydrazone groups is 1. The Balaban J connectivity index is 1.40. The molecule has 0 fully saturated rings. The van der Waals surface area contributed by atoms with Gasteiger partial charge in [-0.3, -0.25) is 4.79 Å². The molecule has 0 saturated heterocycles. The van der Waals surface area contributed by atoms with Crippen molar-refractivity contribution in [3.63, 3.8) is 0 Å². The maximum atomic E-state index is 11.9. The SMILES string of the molecule is O=C(N/N=C/c1ccc(Sc2nnnn2-c2ccccc2)o1)c1ccccc1. The van der Waals surface area contributed by atoms with Crippen molar-refractivity contribution in [2.75, 3.05) is 0 Å². The Kier molecular flexibility index (Phi) is 5.25. The molecule has 0 aliphatic heterocycles. The molecule has 0 aliphatic rings. The number of tetrazole rings is 1. The van der Waals surface area contributed by atoms with E-state index in [2.05, 4.69) is 26.1 Å². The number of hydrogen-bond donors (Lipinski definition) is 1. The Morgan fingerprint density at radius 2 is 1.79 bits per heavy atom. The first-order valence-electron chi connectivity index (χ1n) is 8.29. The average Bonchev–Trinajstić information content (AvgIpc) is 3.39. The highest BCUT2D eigenvalue weighted by molar-refractivity contribution is 7.99. The van der Waals surface area contributed by atoms with Crippen molar-refractivity contribution in [2.24, 2.45) is 5.10 Å². The minimum atomic E-state index is -0.292. The van der Waals surface area contributed by atoms with Crippen LogP contribution in [-0.4, -0.2) is 32.3 Å². The summed E-state index contributed by atoms with van der Waals surface area (Å²) in [6, 6.07) is 22.0. The van der Waals surface area contributed by atoms with Crippen LogP contribution in [0.3, 0.4) is 0 Å². The zero-order valence-electron chi connectivity index (χ0n) is 14.5. The van der Waals surface area contributed by atoms with Gasteiger partial charge in [-0.05, 0) is 58.6 Å². The first-order chi connectivity index (χ1) is 13.8.